The van der Waals surface area contributed by atoms with E-state index in [0.717, 1.165) is 5.69 Å². The lowest BCUT2D eigenvalue weighted by molar-refractivity contribution is -0.136. The quantitative estimate of drug-likeness (QED) is 0.295. The van der Waals surface area contributed by atoms with Crippen molar-refractivity contribution in [2.75, 3.05) is 31.0 Å². The van der Waals surface area contributed by atoms with Crippen molar-refractivity contribution in [2.24, 2.45) is 0 Å². The Labute approximate surface area is 208 Å². The average Bonchev–Trinajstić information content (AvgIpc) is 3.14. The number of rotatable bonds is 7. The predicted octanol–water partition coefficient (Wildman–Crippen LogP) is 4.01. The number of carbonyl (C=O) groups is 3. The molecule has 8 nitrogen and oxygen atoms in total. The van der Waals surface area contributed by atoms with Crippen molar-refractivity contribution < 1.29 is 29.3 Å². The molecule has 1 fully saturated rings. The highest BCUT2D eigenvalue weighted by Gasteiger charge is 2.47. The SMILES string of the molecule is COc1ccc(/C(O)=C2/C(=O)C(=O)N(c3ccc(CC(=O)O)cc3)C2c2ccc(N(C)C)cc2)cc1. The van der Waals surface area contributed by atoms with Crippen molar-refractivity contribution in [3.8, 4) is 5.75 Å². The number of hydrogen-bond acceptors (Lipinski definition) is 6. The molecule has 1 aliphatic rings. The van der Waals surface area contributed by atoms with E-state index in [2.05, 4.69) is 0 Å². The van der Waals surface area contributed by atoms with Crippen LogP contribution in [0.15, 0.2) is 78.4 Å². The highest BCUT2D eigenvalue weighted by Crippen LogP contribution is 2.42. The van der Waals surface area contributed by atoms with Crippen LogP contribution in [-0.2, 0) is 20.8 Å². The number of ether oxygens (including phenoxy) is 1. The highest BCUT2D eigenvalue weighted by atomic mass is 16.5. The number of carboxylic acid groups (broad SMARTS) is 1. The Morgan fingerprint density at radius 2 is 1.53 bits per heavy atom. The van der Waals surface area contributed by atoms with Gasteiger partial charge in [-0.25, -0.2) is 0 Å². The monoisotopic (exact) mass is 486 g/mol. The summed E-state index contributed by atoms with van der Waals surface area (Å²) in [6.07, 6.45) is -0.161. The van der Waals surface area contributed by atoms with Crippen LogP contribution in [0.3, 0.4) is 0 Å². The van der Waals surface area contributed by atoms with Crippen molar-refractivity contribution in [3.63, 3.8) is 0 Å². The summed E-state index contributed by atoms with van der Waals surface area (Å²) in [6.45, 7) is 0. The number of nitrogens with zero attached hydrogens (tertiary/aromatic N) is 2. The number of aliphatic hydroxyl groups is 1. The van der Waals surface area contributed by atoms with Gasteiger partial charge in [0.05, 0.1) is 25.1 Å². The van der Waals surface area contributed by atoms with E-state index >= 15 is 0 Å². The topological polar surface area (TPSA) is 107 Å². The number of Topliss-reactive ketones (excluding diaryl/α,β-unsaturated/α-hetero) is 1. The molecule has 3 aromatic carbocycles. The molecule has 3 aromatic rings. The summed E-state index contributed by atoms with van der Waals surface area (Å²) in [4.78, 5) is 40.9. The standard InChI is InChI=1S/C28H26N2O6/c1-29(2)20-12-6-18(7-13-20)25-24(26(33)19-8-14-22(36-3)15-9-19)27(34)28(35)30(25)21-10-4-17(5-11-21)16-23(31)32/h4-15,25,33H,16H2,1-3H3,(H,31,32)/b26-24-. The van der Waals surface area contributed by atoms with E-state index in [-0.39, 0.29) is 17.8 Å². The van der Waals surface area contributed by atoms with Gasteiger partial charge in [0.1, 0.15) is 11.5 Å². The van der Waals surface area contributed by atoms with E-state index in [0.29, 0.717) is 28.1 Å². The fraction of sp³-hybridized carbons (Fsp3) is 0.179. The summed E-state index contributed by atoms with van der Waals surface area (Å²) in [5, 5.41) is 20.3. The summed E-state index contributed by atoms with van der Waals surface area (Å²) in [6, 6.07) is 19.5. The molecule has 36 heavy (non-hydrogen) atoms. The van der Waals surface area contributed by atoms with E-state index in [1.165, 1.54) is 12.0 Å². The molecule has 0 aromatic heterocycles. The van der Waals surface area contributed by atoms with Crippen LogP contribution in [0.2, 0.25) is 0 Å². The van der Waals surface area contributed by atoms with E-state index < -0.39 is 23.7 Å². The highest BCUT2D eigenvalue weighted by molar-refractivity contribution is 6.51. The molecule has 0 bridgehead atoms. The molecule has 8 heteroatoms. The van der Waals surface area contributed by atoms with E-state index in [9.17, 15) is 19.5 Å². The zero-order valence-electron chi connectivity index (χ0n) is 20.1. The largest absolute Gasteiger partial charge is 0.507 e. The Bertz CT molecular complexity index is 1330. The van der Waals surface area contributed by atoms with Crippen molar-refractivity contribution >= 4 is 34.8 Å². The predicted molar refractivity (Wildman–Crippen MR) is 136 cm³/mol. The van der Waals surface area contributed by atoms with Crippen LogP contribution >= 0.6 is 0 Å². The first kappa shape index (κ1) is 24.5. The van der Waals surface area contributed by atoms with Crippen LogP contribution in [0.5, 0.6) is 5.75 Å². The molecule has 1 heterocycles. The first-order valence-electron chi connectivity index (χ1n) is 11.2. The number of anilines is 2. The van der Waals surface area contributed by atoms with Gasteiger partial charge in [0.15, 0.2) is 0 Å². The molecule has 2 N–H and O–H groups in total. The third kappa shape index (κ3) is 4.65. The van der Waals surface area contributed by atoms with Crippen molar-refractivity contribution in [2.45, 2.75) is 12.5 Å². The molecule has 0 spiro atoms. The summed E-state index contributed by atoms with van der Waals surface area (Å²) in [5.74, 6) is -2.26. The summed E-state index contributed by atoms with van der Waals surface area (Å²) in [7, 11) is 5.34. The first-order chi connectivity index (χ1) is 17.2. The minimum Gasteiger partial charge on any atom is -0.507 e. The summed E-state index contributed by atoms with van der Waals surface area (Å²) < 4.78 is 5.17. The molecule has 184 valence electrons. The lowest BCUT2D eigenvalue weighted by Crippen LogP contribution is -2.29. The molecular weight excluding hydrogens is 460 g/mol. The second kappa shape index (κ2) is 9.95. The van der Waals surface area contributed by atoms with Gasteiger partial charge in [0.2, 0.25) is 0 Å². The maximum atomic E-state index is 13.3. The molecule has 0 aliphatic carbocycles. The van der Waals surface area contributed by atoms with Gasteiger partial charge in [-0.2, -0.15) is 0 Å². The van der Waals surface area contributed by atoms with Crippen molar-refractivity contribution in [1.82, 2.24) is 0 Å². The smallest absolute Gasteiger partial charge is 0.307 e. The fourth-order valence-corrected chi connectivity index (χ4v) is 4.22. The van der Waals surface area contributed by atoms with Gasteiger partial charge >= 0.3 is 5.97 Å². The van der Waals surface area contributed by atoms with Gasteiger partial charge in [-0.15, -0.1) is 0 Å². The molecule has 1 saturated heterocycles. The summed E-state index contributed by atoms with van der Waals surface area (Å²) >= 11 is 0. The van der Waals surface area contributed by atoms with Crippen LogP contribution in [-0.4, -0.2) is 49.1 Å². The van der Waals surface area contributed by atoms with Gasteiger partial charge in [0, 0.05) is 31.0 Å². The molecule has 1 amide bonds. The number of amides is 1. The number of methoxy groups -OCH3 is 1. The maximum absolute atomic E-state index is 13.3. The number of carbonyl (C=O) groups excluding carboxylic acids is 2. The fourth-order valence-electron chi connectivity index (χ4n) is 4.22. The Morgan fingerprint density at radius 3 is 2.06 bits per heavy atom. The zero-order chi connectivity index (χ0) is 26.0. The molecule has 1 atom stereocenters. The Balaban J connectivity index is 1.86. The van der Waals surface area contributed by atoms with Crippen molar-refractivity contribution in [1.29, 1.82) is 0 Å². The molecule has 0 radical (unpaired) electrons. The number of benzene rings is 3. The van der Waals surface area contributed by atoms with Gasteiger partial charge < -0.3 is 19.8 Å². The van der Waals surface area contributed by atoms with Gasteiger partial charge in [-0.3, -0.25) is 19.3 Å². The van der Waals surface area contributed by atoms with Crippen LogP contribution in [0.4, 0.5) is 11.4 Å². The molecule has 1 aliphatic heterocycles. The third-order valence-electron chi connectivity index (χ3n) is 6.10. The van der Waals surface area contributed by atoms with Crippen LogP contribution in [0, 0.1) is 0 Å². The lowest BCUT2D eigenvalue weighted by Gasteiger charge is -2.26. The molecule has 1 unspecified atom stereocenters. The average molecular weight is 487 g/mol. The van der Waals surface area contributed by atoms with E-state index in [4.69, 9.17) is 9.84 Å². The second-order valence-corrected chi connectivity index (χ2v) is 8.62. The van der Waals surface area contributed by atoms with Crippen LogP contribution in [0.25, 0.3) is 5.76 Å². The number of aliphatic carboxylic acids is 1. The summed E-state index contributed by atoms with van der Waals surface area (Å²) in [5.41, 5.74) is 2.90. The van der Waals surface area contributed by atoms with E-state index in [1.807, 2.05) is 43.3 Å². The van der Waals surface area contributed by atoms with Crippen LogP contribution in [0.1, 0.15) is 22.7 Å². The number of ketones is 1. The number of aliphatic hydroxyl groups excluding tert-OH is 1. The Morgan fingerprint density at radius 1 is 0.917 bits per heavy atom. The Kier molecular flexibility index (Phi) is 6.78. The van der Waals surface area contributed by atoms with Crippen LogP contribution < -0.4 is 14.5 Å². The van der Waals surface area contributed by atoms with Crippen molar-refractivity contribution in [3.05, 3.63) is 95.1 Å². The lowest BCUT2D eigenvalue weighted by atomic mass is 9.94. The second-order valence-electron chi connectivity index (χ2n) is 8.62. The van der Waals surface area contributed by atoms with Gasteiger partial charge in [0.25, 0.3) is 11.7 Å². The normalized spacial score (nSPS) is 16.8. The molecular formula is C28H26N2O6. The minimum absolute atomic E-state index is 0.0302. The zero-order valence-corrected chi connectivity index (χ0v) is 20.1. The minimum atomic E-state index is -0.969. The maximum Gasteiger partial charge on any atom is 0.307 e. The Hall–Kier alpha value is -4.59. The molecule has 4 rings (SSSR count). The third-order valence-corrected chi connectivity index (χ3v) is 6.10. The van der Waals surface area contributed by atoms with Gasteiger partial charge in [-0.05, 0) is 59.7 Å². The number of hydrogen-bond donors (Lipinski definition) is 2. The van der Waals surface area contributed by atoms with E-state index in [1.54, 1.807) is 48.5 Å². The van der Waals surface area contributed by atoms with Gasteiger partial charge in [-0.1, -0.05) is 24.3 Å². The first-order valence-corrected chi connectivity index (χ1v) is 11.2. The molecule has 0 saturated carbocycles. The number of carboxylic acids is 1.